The van der Waals surface area contributed by atoms with E-state index in [9.17, 15) is 4.79 Å². The summed E-state index contributed by atoms with van der Waals surface area (Å²) in [7, 11) is -3.29. The molecule has 8 heteroatoms. The van der Waals surface area contributed by atoms with Crippen LogP contribution in [0.3, 0.4) is 0 Å². The van der Waals surface area contributed by atoms with E-state index in [0.29, 0.717) is 0 Å². The van der Waals surface area contributed by atoms with Crippen molar-refractivity contribution >= 4 is 32.9 Å². The molecule has 114 valence electrons. The second-order valence-electron chi connectivity index (χ2n) is 7.07. The molecule has 0 radical (unpaired) electrons. The van der Waals surface area contributed by atoms with Crippen LogP contribution in [0.5, 0.6) is 0 Å². The molecule has 6 nitrogen and oxygen atoms in total. The summed E-state index contributed by atoms with van der Waals surface area (Å²) in [6.07, 6.45) is 2.78. The first kappa shape index (κ1) is 15.7. The Kier molecular flexibility index (Phi) is 3.94. The molecule has 0 fully saturated rings. The monoisotopic (exact) mass is 322 g/mol. The Hall–Kier alpha value is -1.68. The number of carbonyl (C=O) groups excluding carboxylic acids is 1. The van der Waals surface area contributed by atoms with E-state index in [1.165, 1.54) is 9.53 Å². The SMILES string of the molecule is C[Si](C)(C)c1ccnn1OC(=O)n1nccc1[Si](C)(C)C. The highest BCUT2D eigenvalue weighted by Gasteiger charge is 2.27. The summed E-state index contributed by atoms with van der Waals surface area (Å²) in [5, 5.41) is 10.1. The summed E-state index contributed by atoms with van der Waals surface area (Å²) in [5.74, 6) is 0. The van der Waals surface area contributed by atoms with Gasteiger partial charge in [-0.3, -0.25) is 4.84 Å². The molecule has 2 rings (SSSR count). The maximum absolute atomic E-state index is 12.4. The van der Waals surface area contributed by atoms with E-state index in [-0.39, 0.29) is 0 Å². The third-order valence-electron chi connectivity index (χ3n) is 3.13. The van der Waals surface area contributed by atoms with Gasteiger partial charge in [-0.2, -0.15) is 9.78 Å². The number of rotatable bonds is 3. The molecule has 2 aromatic rings. The Labute approximate surface area is 126 Å². The van der Waals surface area contributed by atoms with Crippen molar-refractivity contribution in [2.45, 2.75) is 39.3 Å². The van der Waals surface area contributed by atoms with Gasteiger partial charge in [-0.1, -0.05) is 44.1 Å². The summed E-state index contributed by atoms with van der Waals surface area (Å²) in [6, 6.07) is 3.79. The minimum atomic E-state index is -1.66. The van der Waals surface area contributed by atoms with Gasteiger partial charge in [0.2, 0.25) is 0 Å². The molecule has 0 saturated carbocycles. The summed E-state index contributed by atoms with van der Waals surface area (Å²) in [4.78, 5) is 19.1. The van der Waals surface area contributed by atoms with E-state index in [1.807, 2.05) is 12.1 Å². The molecule has 0 unspecified atom stereocenters. The van der Waals surface area contributed by atoms with Crippen LogP contribution in [-0.4, -0.2) is 42.0 Å². The highest BCUT2D eigenvalue weighted by molar-refractivity contribution is 6.88. The molecule has 21 heavy (non-hydrogen) atoms. The van der Waals surface area contributed by atoms with Gasteiger partial charge < -0.3 is 0 Å². The molecule has 0 atom stereocenters. The summed E-state index contributed by atoms with van der Waals surface area (Å²) in [5.41, 5.74) is 0. The predicted octanol–water partition coefficient (Wildman–Crippen LogP) is 1.27. The lowest BCUT2D eigenvalue weighted by Crippen LogP contribution is -2.50. The summed E-state index contributed by atoms with van der Waals surface area (Å²) >= 11 is 0. The van der Waals surface area contributed by atoms with Crippen LogP contribution in [-0.2, 0) is 0 Å². The molecule has 0 aromatic carbocycles. The molecule has 0 saturated heterocycles. The maximum atomic E-state index is 12.4. The van der Waals surface area contributed by atoms with Gasteiger partial charge in [-0.15, -0.1) is 5.10 Å². The molecule has 0 bridgehead atoms. The van der Waals surface area contributed by atoms with Crippen LogP contribution in [0.4, 0.5) is 4.79 Å². The zero-order valence-corrected chi connectivity index (χ0v) is 15.4. The van der Waals surface area contributed by atoms with Crippen LogP contribution in [0, 0.1) is 0 Å². The number of nitrogens with zero attached hydrogens (tertiary/aromatic N) is 4. The first-order chi connectivity index (χ1) is 9.60. The number of carbonyl (C=O) groups is 1. The van der Waals surface area contributed by atoms with E-state index in [4.69, 9.17) is 4.84 Å². The molecule has 0 N–H and O–H groups in total. The van der Waals surface area contributed by atoms with Crippen LogP contribution in [0.15, 0.2) is 24.5 Å². The molecule has 0 amide bonds. The summed E-state index contributed by atoms with van der Waals surface area (Å²) in [6.45, 7) is 13.0. The Balaban J connectivity index is 2.28. The van der Waals surface area contributed by atoms with Gasteiger partial charge in [0.15, 0.2) is 0 Å². The smallest absolute Gasteiger partial charge is 0.298 e. The van der Waals surface area contributed by atoms with Crippen molar-refractivity contribution in [1.82, 2.24) is 19.7 Å². The maximum Gasteiger partial charge on any atom is 0.460 e. The van der Waals surface area contributed by atoms with Gasteiger partial charge >= 0.3 is 6.09 Å². The predicted molar refractivity (Wildman–Crippen MR) is 87.8 cm³/mol. The van der Waals surface area contributed by atoms with Gasteiger partial charge in [0.25, 0.3) is 0 Å². The van der Waals surface area contributed by atoms with Crippen molar-refractivity contribution in [3.63, 3.8) is 0 Å². The van der Waals surface area contributed by atoms with Crippen LogP contribution in [0.25, 0.3) is 0 Å². The van der Waals surface area contributed by atoms with Gasteiger partial charge in [0, 0.05) is 11.5 Å². The Bertz CT molecular complexity index is 650. The minimum absolute atomic E-state index is 0.513. The van der Waals surface area contributed by atoms with Crippen molar-refractivity contribution in [3.8, 4) is 0 Å². The van der Waals surface area contributed by atoms with Crippen molar-refractivity contribution in [2.24, 2.45) is 0 Å². The molecule has 0 spiro atoms. The van der Waals surface area contributed by atoms with E-state index in [1.54, 1.807) is 12.4 Å². The molecule has 2 aromatic heterocycles. The number of hydrogen-bond acceptors (Lipinski definition) is 4. The molecular formula is C13H22N4O2Si2. The van der Waals surface area contributed by atoms with E-state index in [0.717, 1.165) is 10.6 Å². The van der Waals surface area contributed by atoms with Gasteiger partial charge in [-0.25, -0.2) is 4.79 Å². The van der Waals surface area contributed by atoms with Crippen molar-refractivity contribution < 1.29 is 9.63 Å². The highest BCUT2D eigenvalue weighted by Crippen LogP contribution is 2.03. The molecule has 0 aliphatic rings. The standard InChI is InChI=1S/C13H22N4O2Si2/c1-20(2,3)11-7-9-14-16(11)13(18)19-17-12(8-10-15-17)21(4,5)6/h7-10H,1-6H3. The molecule has 0 aliphatic heterocycles. The average Bonchev–Trinajstić information content (AvgIpc) is 2.94. The first-order valence-corrected chi connectivity index (χ1v) is 13.9. The van der Waals surface area contributed by atoms with Crippen molar-refractivity contribution in [2.75, 3.05) is 0 Å². The number of aromatic nitrogens is 4. The number of hydrogen-bond donors (Lipinski definition) is 0. The topological polar surface area (TPSA) is 61.9 Å². The fraction of sp³-hybridized carbons (Fsp3) is 0.462. The zero-order chi connectivity index (χ0) is 15.8. The van der Waals surface area contributed by atoms with E-state index >= 15 is 0 Å². The second-order valence-corrected chi connectivity index (χ2v) is 17.1. The lowest BCUT2D eigenvalue weighted by atomic mass is 10.7. The van der Waals surface area contributed by atoms with Crippen LogP contribution in [0.1, 0.15) is 0 Å². The molecule has 2 heterocycles. The third-order valence-corrected chi connectivity index (χ3v) is 6.94. The van der Waals surface area contributed by atoms with E-state index < -0.39 is 22.2 Å². The molecule has 0 aliphatic carbocycles. The van der Waals surface area contributed by atoms with E-state index in [2.05, 4.69) is 49.5 Å². The second kappa shape index (κ2) is 5.26. The van der Waals surface area contributed by atoms with Crippen LogP contribution in [0.2, 0.25) is 39.3 Å². The lowest BCUT2D eigenvalue weighted by Gasteiger charge is -2.19. The zero-order valence-electron chi connectivity index (χ0n) is 13.4. The quantitative estimate of drug-likeness (QED) is 0.798. The lowest BCUT2D eigenvalue weighted by molar-refractivity contribution is 0.119. The molecular weight excluding hydrogens is 300 g/mol. The highest BCUT2D eigenvalue weighted by atomic mass is 28.3. The van der Waals surface area contributed by atoms with Crippen LogP contribution >= 0.6 is 0 Å². The summed E-state index contributed by atoms with van der Waals surface area (Å²) < 4.78 is 1.35. The Morgan fingerprint density at radius 1 is 0.952 bits per heavy atom. The van der Waals surface area contributed by atoms with Gasteiger partial charge in [0.05, 0.1) is 11.5 Å². The Morgan fingerprint density at radius 3 is 2.05 bits per heavy atom. The largest absolute Gasteiger partial charge is 0.460 e. The van der Waals surface area contributed by atoms with Crippen LogP contribution < -0.4 is 15.5 Å². The average molecular weight is 323 g/mol. The van der Waals surface area contributed by atoms with Crippen molar-refractivity contribution in [3.05, 3.63) is 24.5 Å². The van der Waals surface area contributed by atoms with Gasteiger partial charge in [0.1, 0.15) is 16.1 Å². The Morgan fingerprint density at radius 2 is 1.48 bits per heavy atom. The minimum Gasteiger partial charge on any atom is -0.298 e. The fourth-order valence-electron chi connectivity index (χ4n) is 2.03. The first-order valence-electron chi connectivity index (χ1n) is 6.92. The van der Waals surface area contributed by atoms with Crippen molar-refractivity contribution in [1.29, 1.82) is 0 Å². The third kappa shape index (κ3) is 3.32. The fourth-order valence-corrected chi connectivity index (χ4v) is 4.64. The van der Waals surface area contributed by atoms with Gasteiger partial charge in [-0.05, 0) is 12.1 Å². The normalized spacial score (nSPS) is 12.5.